The van der Waals surface area contributed by atoms with Gasteiger partial charge in [-0.2, -0.15) is 5.10 Å². The van der Waals surface area contributed by atoms with E-state index in [1.165, 1.54) is 0 Å². The van der Waals surface area contributed by atoms with Gasteiger partial charge >= 0.3 is 0 Å². The maximum absolute atomic E-state index is 12.8. The lowest BCUT2D eigenvalue weighted by Crippen LogP contribution is -2.36. The minimum absolute atomic E-state index is 0.0289. The van der Waals surface area contributed by atoms with Crippen LogP contribution < -0.4 is 5.32 Å². The Morgan fingerprint density at radius 2 is 1.92 bits per heavy atom. The van der Waals surface area contributed by atoms with Crippen LogP contribution in [0.2, 0.25) is 0 Å². The Labute approximate surface area is 148 Å². The van der Waals surface area contributed by atoms with Gasteiger partial charge in [0.05, 0.1) is 23.3 Å². The van der Waals surface area contributed by atoms with Crippen LogP contribution in [0.15, 0.2) is 30.3 Å². The molecule has 130 valence electrons. The minimum Gasteiger partial charge on any atom is -0.348 e. The number of aryl methyl sites for hydroxylation is 4. The first-order chi connectivity index (χ1) is 11.8. The van der Waals surface area contributed by atoms with Crippen molar-refractivity contribution in [1.29, 1.82) is 0 Å². The van der Waals surface area contributed by atoms with E-state index in [1.54, 1.807) is 0 Å². The summed E-state index contributed by atoms with van der Waals surface area (Å²) >= 11 is 0. The zero-order chi connectivity index (χ0) is 18.1. The van der Waals surface area contributed by atoms with E-state index in [0.717, 1.165) is 33.5 Å². The van der Waals surface area contributed by atoms with Crippen molar-refractivity contribution < 1.29 is 4.79 Å². The minimum atomic E-state index is -0.0740. The molecule has 0 aliphatic rings. The standard InChI is InChI=1S/C20H24N4O/c1-12-7-6-8-17-18(10-13(2)21-19(12)17)20(25)22-15(4)11-24-16(5)9-14(3)23-24/h6-10,15H,11H2,1-5H3,(H,22,25)/t15-/m1/s1. The average Bonchev–Trinajstić information content (AvgIpc) is 2.84. The van der Waals surface area contributed by atoms with Gasteiger partial charge in [-0.25, -0.2) is 0 Å². The van der Waals surface area contributed by atoms with Gasteiger partial charge in [0.1, 0.15) is 0 Å². The Balaban J connectivity index is 1.85. The fourth-order valence-electron chi connectivity index (χ4n) is 3.17. The Hall–Kier alpha value is -2.69. The summed E-state index contributed by atoms with van der Waals surface area (Å²) in [5.74, 6) is -0.0740. The number of aromatic nitrogens is 3. The number of nitrogens with zero attached hydrogens (tertiary/aromatic N) is 3. The van der Waals surface area contributed by atoms with E-state index in [9.17, 15) is 4.79 Å². The number of amides is 1. The van der Waals surface area contributed by atoms with Crippen molar-refractivity contribution in [2.24, 2.45) is 0 Å². The molecule has 5 nitrogen and oxygen atoms in total. The highest BCUT2D eigenvalue weighted by Gasteiger charge is 2.16. The highest BCUT2D eigenvalue weighted by atomic mass is 16.1. The summed E-state index contributed by atoms with van der Waals surface area (Å²) in [5.41, 5.74) is 5.57. The van der Waals surface area contributed by atoms with Gasteiger partial charge in [-0.3, -0.25) is 14.5 Å². The molecule has 0 saturated carbocycles. The van der Waals surface area contributed by atoms with Crippen LogP contribution in [-0.4, -0.2) is 26.7 Å². The number of pyridine rings is 1. The lowest BCUT2D eigenvalue weighted by molar-refractivity contribution is 0.0937. The summed E-state index contributed by atoms with van der Waals surface area (Å²) in [4.78, 5) is 17.4. The van der Waals surface area contributed by atoms with Crippen LogP contribution in [0.4, 0.5) is 0 Å². The molecule has 2 aromatic heterocycles. The molecule has 0 radical (unpaired) electrons. The molecule has 3 rings (SSSR count). The highest BCUT2D eigenvalue weighted by molar-refractivity contribution is 6.06. The molecule has 1 aromatic carbocycles. The van der Waals surface area contributed by atoms with Crippen LogP contribution in [0.1, 0.15) is 39.9 Å². The lowest BCUT2D eigenvalue weighted by Gasteiger charge is -2.16. The van der Waals surface area contributed by atoms with Crippen molar-refractivity contribution in [3.05, 3.63) is 58.5 Å². The molecular weight excluding hydrogens is 312 g/mol. The number of carbonyl (C=O) groups is 1. The predicted octanol–water partition coefficient (Wildman–Crippen LogP) is 3.48. The van der Waals surface area contributed by atoms with E-state index >= 15 is 0 Å². The number of hydrogen-bond donors (Lipinski definition) is 1. The van der Waals surface area contributed by atoms with Crippen molar-refractivity contribution in [2.45, 2.75) is 47.2 Å². The molecular formula is C20H24N4O. The first-order valence-electron chi connectivity index (χ1n) is 8.54. The van der Waals surface area contributed by atoms with Crippen LogP contribution in [-0.2, 0) is 6.54 Å². The SMILES string of the molecule is Cc1cc(C(=O)N[C@H](C)Cn2nc(C)cc2C)c2cccc(C)c2n1. The second-order valence-electron chi connectivity index (χ2n) is 6.77. The Bertz CT molecular complexity index is 942. The summed E-state index contributed by atoms with van der Waals surface area (Å²) < 4.78 is 1.93. The second-order valence-corrected chi connectivity index (χ2v) is 6.77. The summed E-state index contributed by atoms with van der Waals surface area (Å²) in [6.07, 6.45) is 0. The van der Waals surface area contributed by atoms with Crippen LogP contribution in [0.3, 0.4) is 0 Å². The van der Waals surface area contributed by atoms with E-state index in [1.807, 2.05) is 69.6 Å². The first kappa shape index (κ1) is 17.1. The van der Waals surface area contributed by atoms with Gasteiger partial charge in [0.15, 0.2) is 0 Å². The molecule has 3 aromatic rings. The fraction of sp³-hybridized carbons (Fsp3) is 0.350. The van der Waals surface area contributed by atoms with Gasteiger partial charge in [-0.1, -0.05) is 18.2 Å². The number of nitrogens with one attached hydrogen (secondary N) is 1. The van der Waals surface area contributed by atoms with E-state index in [2.05, 4.69) is 15.4 Å². The molecule has 0 spiro atoms. The Morgan fingerprint density at radius 3 is 2.60 bits per heavy atom. The molecule has 1 amide bonds. The summed E-state index contributed by atoms with van der Waals surface area (Å²) in [5, 5.41) is 8.44. The first-order valence-corrected chi connectivity index (χ1v) is 8.54. The third-order valence-corrected chi connectivity index (χ3v) is 4.34. The zero-order valence-corrected chi connectivity index (χ0v) is 15.4. The number of benzene rings is 1. The summed E-state index contributed by atoms with van der Waals surface area (Å²) in [6.45, 7) is 10.6. The monoisotopic (exact) mass is 336 g/mol. The van der Waals surface area contributed by atoms with E-state index in [0.29, 0.717) is 12.1 Å². The number of rotatable bonds is 4. The van der Waals surface area contributed by atoms with Crippen molar-refractivity contribution in [3.63, 3.8) is 0 Å². The van der Waals surface area contributed by atoms with E-state index in [-0.39, 0.29) is 11.9 Å². The van der Waals surface area contributed by atoms with Gasteiger partial charge < -0.3 is 5.32 Å². The summed E-state index contributed by atoms with van der Waals surface area (Å²) in [7, 11) is 0. The Kier molecular flexibility index (Phi) is 4.57. The van der Waals surface area contributed by atoms with Gasteiger partial charge in [0, 0.05) is 22.8 Å². The van der Waals surface area contributed by atoms with Crippen molar-refractivity contribution in [1.82, 2.24) is 20.1 Å². The lowest BCUT2D eigenvalue weighted by atomic mass is 10.0. The zero-order valence-electron chi connectivity index (χ0n) is 15.4. The maximum Gasteiger partial charge on any atom is 0.252 e. The quantitative estimate of drug-likeness (QED) is 0.793. The number of carbonyl (C=O) groups excluding carboxylic acids is 1. The molecule has 0 bridgehead atoms. The Morgan fingerprint density at radius 1 is 1.16 bits per heavy atom. The average molecular weight is 336 g/mol. The normalized spacial score (nSPS) is 12.4. The van der Waals surface area contributed by atoms with Crippen molar-refractivity contribution in [3.8, 4) is 0 Å². The predicted molar refractivity (Wildman–Crippen MR) is 99.8 cm³/mol. The van der Waals surface area contributed by atoms with Gasteiger partial charge in [0.25, 0.3) is 5.91 Å². The summed E-state index contributed by atoms with van der Waals surface area (Å²) in [6, 6.07) is 9.80. The number of hydrogen-bond acceptors (Lipinski definition) is 3. The van der Waals surface area contributed by atoms with Gasteiger partial charge in [-0.05, 0) is 52.3 Å². The molecule has 0 aliphatic heterocycles. The molecule has 2 heterocycles. The molecule has 5 heteroatoms. The third-order valence-electron chi connectivity index (χ3n) is 4.34. The number of para-hydroxylation sites is 1. The van der Waals surface area contributed by atoms with Crippen LogP contribution in [0.25, 0.3) is 10.9 Å². The van der Waals surface area contributed by atoms with Gasteiger partial charge in [-0.15, -0.1) is 0 Å². The maximum atomic E-state index is 12.8. The molecule has 0 aliphatic carbocycles. The topological polar surface area (TPSA) is 59.8 Å². The van der Waals surface area contributed by atoms with Crippen molar-refractivity contribution >= 4 is 16.8 Å². The molecule has 0 unspecified atom stereocenters. The van der Waals surface area contributed by atoms with E-state index in [4.69, 9.17) is 0 Å². The van der Waals surface area contributed by atoms with Crippen LogP contribution in [0.5, 0.6) is 0 Å². The van der Waals surface area contributed by atoms with Crippen LogP contribution in [0, 0.1) is 27.7 Å². The van der Waals surface area contributed by atoms with E-state index < -0.39 is 0 Å². The molecule has 1 atom stereocenters. The molecule has 25 heavy (non-hydrogen) atoms. The smallest absolute Gasteiger partial charge is 0.252 e. The third kappa shape index (κ3) is 3.55. The number of fused-ring (bicyclic) bond motifs is 1. The molecule has 0 fully saturated rings. The van der Waals surface area contributed by atoms with Crippen molar-refractivity contribution in [2.75, 3.05) is 0 Å². The molecule has 0 saturated heterocycles. The second kappa shape index (κ2) is 6.67. The molecule has 1 N–H and O–H groups in total. The largest absolute Gasteiger partial charge is 0.348 e. The highest BCUT2D eigenvalue weighted by Crippen LogP contribution is 2.21. The van der Waals surface area contributed by atoms with Crippen LogP contribution >= 0.6 is 0 Å². The van der Waals surface area contributed by atoms with Gasteiger partial charge in [0.2, 0.25) is 0 Å². The fourth-order valence-corrected chi connectivity index (χ4v) is 3.17.